The Kier molecular flexibility index (Phi) is 45.6. The van der Waals surface area contributed by atoms with E-state index in [-0.39, 0.29) is 45.5 Å². The van der Waals surface area contributed by atoms with Gasteiger partial charge in [0, 0.05) is 45.5 Å². The summed E-state index contributed by atoms with van der Waals surface area (Å²) in [6.07, 6.45) is -0.667. The molecular weight excluding hydrogens is 304 g/mol. The van der Waals surface area contributed by atoms with E-state index in [1.807, 2.05) is 0 Å². The quantitative estimate of drug-likeness (QED) is 0.506. The zero-order chi connectivity index (χ0) is 14.3. The molecule has 0 atom stereocenters. The van der Waals surface area contributed by atoms with Crippen LogP contribution >= 0.6 is 0 Å². The van der Waals surface area contributed by atoms with Gasteiger partial charge in [0.25, 0.3) is 0 Å². The summed E-state index contributed by atoms with van der Waals surface area (Å²) in [5, 5.41) is 32.2. The van der Waals surface area contributed by atoms with Crippen LogP contribution in [0.2, 0.25) is 0 Å². The molecule has 0 unspecified atom stereocenters. The van der Waals surface area contributed by atoms with Gasteiger partial charge < -0.3 is 20.4 Å². The summed E-state index contributed by atoms with van der Waals surface area (Å²) in [5.41, 5.74) is 0. The van der Waals surface area contributed by atoms with E-state index >= 15 is 0 Å². The van der Waals surface area contributed by atoms with Gasteiger partial charge in [-0.25, -0.2) is 0 Å². The van der Waals surface area contributed by atoms with Gasteiger partial charge in [-0.15, -0.1) is 0 Å². The summed E-state index contributed by atoms with van der Waals surface area (Å²) in [6, 6.07) is 0. The van der Waals surface area contributed by atoms with Crippen LogP contribution in [0.25, 0.3) is 0 Å². The second-order valence-electron chi connectivity index (χ2n) is 4.37. The van der Waals surface area contributed by atoms with Crippen LogP contribution in [0, 0.1) is 0 Å². The SMILES string of the molecule is CC(C)O.CC(C)O.CC(C)O.CC(C)O.[Mo]. The summed E-state index contributed by atoms with van der Waals surface area (Å²) >= 11 is 0. The molecule has 0 saturated carbocycles. The molecular formula is C12H32MoO4. The molecule has 17 heavy (non-hydrogen) atoms. The molecule has 0 bridgehead atoms. The smallest absolute Gasteiger partial charge is 0.0483 e. The summed E-state index contributed by atoms with van der Waals surface area (Å²) in [7, 11) is 0. The van der Waals surface area contributed by atoms with Crippen molar-refractivity contribution in [2.45, 2.75) is 79.8 Å². The van der Waals surface area contributed by atoms with Crippen molar-refractivity contribution >= 4 is 0 Å². The van der Waals surface area contributed by atoms with Gasteiger partial charge in [-0.05, 0) is 55.4 Å². The maximum atomic E-state index is 8.06. The minimum atomic E-state index is -0.167. The first-order chi connectivity index (χ1) is 6.93. The van der Waals surface area contributed by atoms with Crippen molar-refractivity contribution in [1.82, 2.24) is 0 Å². The van der Waals surface area contributed by atoms with E-state index in [2.05, 4.69) is 0 Å². The van der Waals surface area contributed by atoms with E-state index in [4.69, 9.17) is 20.4 Å². The van der Waals surface area contributed by atoms with Crippen LogP contribution in [0.4, 0.5) is 0 Å². The van der Waals surface area contributed by atoms with Crippen molar-refractivity contribution in [3.8, 4) is 0 Å². The Labute approximate surface area is 121 Å². The molecule has 0 aromatic carbocycles. The molecule has 4 N–H and O–H groups in total. The van der Waals surface area contributed by atoms with Crippen LogP contribution < -0.4 is 0 Å². The fourth-order valence-corrected chi connectivity index (χ4v) is 0. The van der Waals surface area contributed by atoms with Crippen molar-refractivity contribution in [3.63, 3.8) is 0 Å². The molecule has 110 valence electrons. The standard InChI is InChI=1S/4C3H8O.Mo/c4*1-3(2)4;/h4*3-4H,1-2H3;. The normalized spacial score (nSPS) is 8.47. The summed E-state index contributed by atoms with van der Waals surface area (Å²) in [6.45, 7) is 13.8. The fraction of sp³-hybridized carbons (Fsp3) is 1.00. The van der Waals surface area contributed by atoms with E-state index in [0.717, 1.165) is 0 Å². The Morgan fingerprint density at radius 3 is 0.412 bits per heavy atom. The topological polar surface area (TPSA) is 80.9 Å². The predicted octanol–water partition coefficient (Wildman–Crippen LogP) is 1.55. The minimum absolute atomic E-state index is 0. The molecule has 0 amide bonds. The van der Waals surface area contributed by atoms with Gasteiger partial charge in [0.15, 0.2) is 0 Å². The van der Waals surface area contributed by atoms with Crippen LogP contribution in [0.15, 0.2) is 0 Å². The van der Waals surface area contributed by atoms with E-state index < -0.39 is 0 Å². The number of aliphatic hydroxyl groups is 4. The molecule has 0 heterocycles. The Hall–Kier alpha value is 0.528. The van der Waals surface area contributed by atoms with Crippen LogP contribution in [0.3, 0.4) is 0 Å². The largest absolute Gasteiger partial charge is 0.394 e. The van der Waals surface area contributed by atoms with Crippen molar-refractivity contribution in [1.29, 1.82) is 0 Å². The van der Waals surface area contributed by atoms with Crippen molar-refractivity contribution in [2.24, 2.45) is 0 Å². The van der Waals surface area contributed by atoms with Gasteiger partial charge >= 0.3 is 0 Å². The Bertz CT molecular complexity index is 61.5. The minimum Gasteiger partial charge on any atom is -0.394 e. The number of hydrogen-bond donors (Lipinski definition) is 4. The number of aliphatic hydroxyl groups excluding tert-OH is 4. The van der Waals surface area contributed by atoms with E-state index in [9.17, 15) is 0 Å². The predicted molar refractivity (Wildman–Crippen MR) is 69.4 cm³/mol. The second-order valence-corrected chi connectivity index (χ2v) is 4.37. The zero-order valence-electron chi connectivity index (χ0n) is 12.5. The third-order valence-corrected chi connectivity index (χ3v) is 0. The molecule has 0 saturated heterocycles. The van der Waals surface area contributed by atoms with Crippen LogP contribution in [0.1, 0.15) is 55.4 Å². The molecule has 5 heteroatoms. The molecule has 0 fully saturated rings. The molecule has 0 rings (SSSR count). The summed E-state index contributed by atoms with van der Waals surface area (Å²) in [4.78, 5) is 0. The second kappa shape index (κ2) is 25.4. The average molecular weight is 336 g/mol. The molecule has 0 aromatic rings. The van der Waals surface area contributed by atoms with Gasteiger partial charge in [-0.1, -0.05) is 0 Å². The molecule has 0 aromatic heterocycles. The first kappa shape index (κ1) is 30.5. The van der Waals surface area contributed by atoms with Gasteiger partial charge in [-0.3, -0.25) is 0 Å². The van der Waals surface area contributed by atoms with Crippen LogP contribution in [-0.2, 0) is 21.1 Å². The Morgan fingerprint density at radius 2 is 0.412 bits per heavy atom. The number of rotatable bonds is 0. The molecule has 4 nitrogen and oxygen atoms in total. The van der Waals surface area contributed by atoms with Crippen molar-refractivity contribution in [3.05, 3.63) is 0 Å². The monoisotopic (exact) mass is 338 g/mol. The maximum Gasteiger partial charge on any atom is 0.0483 e. The van der Waals surface area contributed by atoms with Crippen LogP contribution in [-0.4, -0.2) is 44.8 Å². The molecule has 0 spiro atoms. The Morgan fingerprint density at radius 1 is 0.412 bits per heavy atom. The van der Waals surface area contributed by atoms with E-state index in [1.54, 1.807) is 55.4 Å². The van der Waals surface area contributed by atoms with Gasteiger partial charge in [-0.2, -0.15) is 0 Å². The molecule has 0 aliphatic heterocycles. The molecule has 0 radical (unpaired) electrons. The third-order valence-electron chi connectivity index (χ3n) is 0. The summed E-state index contributed by atoms with van der Waals surface area (Å²) in [5.74, 6) is 0. The number of hydrogen-bond acceptors (Lipinski definition) is 4. The van der Waals surface area contributed by atoms with Gasteiger partial charge in [0.1, 0.15) is 0 Å². The first-order valence-electron chi connectivity index (χ1n) is 5.65. The zero-order valence-corrected chi connectivity index (χ0v) is 14.5. The summed E-state index contributed by atoms with van der Waals surface area (Å²) < 4.78 is 0. The Balaban J connectivity index is -0.0000000369. The van der Waals surface area contributed by atoms with E-state index in [1.165, 1.54) is 0 Å². The fourth-order valence-electron chi connectivity index (χ4n) is 0. The van der Waals surface area contributed by atoms with Crippen LogP contribution in [0.5, 0.6) is 0 Å². The van der Waals surface area contributed by atoms with Gasteiger partial charge in [0.2, 0.25) is 0 Å². The first-order valence-corrected chi connectivity index (χ1v) is 5.65. The molecule has 0 aliphatic carbocycles. The van der Waals surface area contributed by atoms with Crippen molar-refractivity contribution in [2.75, 3.05) is 0 Å². The third kappa shape index (κ3) is 12500. The maximum absolute atomic E-state index is 8.06. The molecule has 0 aliphatic rings. The average Bonchev–Trinajstić information content (AvgIpc) is 1.76. The van der Waals surface area contributed by atoms with Gasteiger partial charge in [0.05, 0.1) is 0 Å². The van der Waals surface area contributed by atoms with E-state index in [0.29, 0.717) is 0 Å². The van der Waals surface area contributed by atoms with Crippen molar-refractivity contribution < 1.29 is 41.5 Å².